The van der Waals surface area contributed by atoms with Crippen molar-refractivity contribution in [3.05, 3.63) is 51.0 Å². The van der Waals surface area contributed by atoms with Crippen molar-refractivity contribution < 1.29 is 9.72 Å². The third-order valence-corrected chi connectivity index (χ3v) is 2.83. The van der Waals surface area contributed by atoms with Gasteiger partial charge in [0.2, 0.25) is 0 Å². The zero-order valence-electron chi connectivity index (χ0n) is 9.22. The van der Waals surface area contributed by atoms with Crippen LogP contribution in [-0.2, 0) is 0 Å². The van der Waals surface area contributed by atoms with Crippen LogP contribution in [0.1, 0.15) is 10.4 Å². The molecule has 0 saturated carbocycles. The van der Waals surface area contributed by atoms with Gasteiger partial charge in [-0.3, -0.25) is 14.9 Å². The van der Waals surface area contributed by atoms with E-state index in [1.165, 1.54) is 23.1 Å². The molecule has 0 radical (unpaired) electrons. The summed E-state index contributed by atoms with van der Waals surface area (Å²) in [5.41, 5.74) is 0.159. The first-order chi connectivity index (χ1) is 7.97. The van der Waals surface area contributed by atoms with E-state index in [0.717, 1.165) is 0 Å². The summed E-state index contributed by atoms with van der Waals surface area (Å²) in [6, 6.07) is 4.09. The van der Waals surface area contributed by atoms with Crippen molar-refractivity contribution in [2.75, 3.05) is 13.6 Å². The highest BCUT2D eigenvalue weighted by Crippen LogP contribution is 2.23. The standard InChI is InChI=1S/C11H11BrN2O3/c1-3-6-13(2)11(15)9-7-8(14(16)17)4-5-10(9)12/h3-5,7H,1,6H2,2H3. The average molecular weight is 299 g/mol. The minimum atomic E-state index is -0.531. The van der Waals surface area contributed by atoms with Crippen molar-refractivity contribution >= 4 is 27.5 Å². The Morgan fingerprint density at radius 3 is 2.82 bits per heavy atom. The van der Waals surface area contributed by atoms with Gasteiger partial charge in [-0.15, -0.1) is 6.58 Å². The van der Waals surface area contributed by atoms with Gasteiger partial charge in [0, 0.05) is 30.2 Å². The summed E-state index contributed by atoms with van der Waals surface area (Å²) in [6.07, 6.45) is 1.59. The van der Waals surface area contributed by atoms with Crippen molar-refractivity contribution in [2.24, 2.45) is 0 Å². The summed E-state index contributed by atoms with van der Waals surface area (Å²) in [5, 5.41) is 10.6. The number of carbonyl (C=O) groups is 1. The monoisotopic (exact) mass is 298 g/mol. The average Bonchev–Trinajstić information content (AvgIpc) is 2.28. The molecule has 0 aliphatic carbocycles. The van der Waals surface area contributed by atoms with E-state index in [1.807, 2.05) is 0 Å². The highest BCUT2D eigenvalue weighted by Gasteiger charge is 2.17. The van der Waals surface area contributed by atoms with Crippen molar-refractivity contribution in [1.29, 1.82) is 0 Å². The molecule has 1 aromatic carbocycles. The van der Waals surface area contributed by atoms with Gasteiger partial charge in [0.15, 0.2) is 0 Å². The lowest BCUT2D eigenvalue weighted by Gasteiger charge is -2.15. The number of likely N-dealkylation sites (N-methyl/N-ethyl adjacent to an activating group) is 1. The number of benzene rings is 1. The summed E-state index contributed by atoms with van der Waals surface area (Å²) in [5.74, 6) is -0.291. The minimum Gasteiger partial charge on any atom is -0.338 e. The molecule has 1 amide bonds. The molecule has 0 heterocycles. The molecule has 1 rings (SSSR count). The Labute approximate surface area is 107 Å². The van der Waals surface area contributed by atoms with Crippen LogP contribution >= 0.6 is 15.9 Å². The number of rotatable bonds is 4. The van der Waals surface area contributed by atoms with Crippen LogP contribution < -0.4 is 0 Å². The van der Waals surface area contributed by atoms with Gasteiger partial charge in [0.1, 0.15) is 0 Å². The van der Waals surface area contributed by atoms with Crippen molar-refractivity contribution in [3.8, 4) is 0 Å². The Bertz CT molecular complexity index is 474. The van der Waals surface area contributed by atoms with Crippen LogP contribution in [0.3, 0.4) is 0 Å². The van der Waals surface area contributed by atoms with Crippen LogP contribution in [0.2, 0.25) is 0 Å². The van der Waals surface area contributed by atoms with Gasteiger partial charge in [-0.05, 0) is 22.0 Å². The summed E-state index contributed by atoms with van der Waals surface area (Å²) in [6.45, 7) is 3.91. The molecule has 0 spiro atoms. The summed E-state index contributed by atoms with van der Waals surface area (Å²) in [4.78, 5) is 23.5. The van der Waals surface area contributed by atoms with Crippen LogP contribution in [-0.4, -0.2) is 29.3 Å². The molecule has 0 N–H and O–H groups in total. The Balaban J connectivity index is 3.11. The van der Waals surface area contributed by atoms with E-state index in [1.54, 1.807) is 13.1 Å². The number of nitro benzene ring substituents is 1. The molecule has 0 bridgehead atoms. The largest absolute Gasteiger partial charge is 0.338 e. The first kappa shape index (κ1) is 13.4. The molecule has 1 aromatic rings. The number of halogens is 1. The first-order valence-corrected chi connectivity index (χ1v) is 5.57. The molecule has 0 aromatic heterocycles. The first-order valence-electron chi connectivity index (χ1n) is 4.77. The molecular formula is C11H11BrN2O3. The zero-order valence-corrected chi connectivity index (χ0v) is 10.8. The lowest BCUT2D eigenvalue weighted by Crippen LogP contribution is -2.27. The number of hydrogen-bond donors (Lipinski definition) is 0. The fraction of sp³-hybridized carbons (Fsp3) is 0.182. The van der Waals surface area contributed by atoms with Crippen LogP contribution in [0, 0.1) is 10.1 Å². The van der Waals surface area contributed by atoms with Crippen molar-refractivity contribution in [1.82, 2.24) is 4.90 Å². The lowest BCUT2D eigenvalue weighted by atomic mass is 10.2. The van der Waals surface area contributed by atoms with Gasteiger partial charge in [-0.2, -0.15) is 0 Å². The maximum Gasteiger partial charge on any atom is 0.270 e. The Morgan fingerprint density at radius 1 is 1.65 bits per heavy atom. The minimum absolute atomic E-state index is 0.108. The predicted molar refractivity (Wildman–Crippen MR) is 68.0 cm³/mol. The van der Waals surface area contributed by atoms with E-state index < -0.39 is 4.92 Å². The van der Waals surface area contributed by atoms with Crippen LogP contribution in [0.5, 0.6) is 0 Å². The van der Waals surface area contributed by atoms with E-state index in [0.29, 0.717) is 11.0 Å². The van der Waals surface area contributed by atoms with E-state index in [-0.39, 0.29) is 17.2 Å². The van der Waals surface area contributed by atoms with Crippen LogP contribution in [0.25, 0.3) is 0 Å². The van der Waals surface area contributed by atoms with Gasteiger partial charge in [0.25, 0.3) is 11.6 Å². The fourth-order valence-corrected chi connectivity index (χ4v) is 1.69. The van der Waals surface area contributed by atoms with Gasteiger partial charge in [0.05, 0.1) is 10.5 Å². The fourth-order valence-electron chi connectivity index (χ4n) is 1.27. The number of hydrogen-bond acceptors (Lipinski definition) is 3. The second-order valence-electron chi connectivity index (χ2n) is 3.40. The van der Waals surface area contributed by atoms with Gasteiger partial charge >= 0.3 is 0 Å². The second kappa shape index (κ2) is 5.58. The SMILES string of the molecule is C=CCN(C)C(=O)c1cc([N+](=O)[O-])ccc1Br. The Morgan fingerprint density at radius 2 is 2.29 bits per heavy atom. The third-order valence-electron chi connectivity index (χ3n) is 2.14. The topological polar surface area (TPSA) is 63.5 Å². The summed E-state index contributed by atoms with van der Waals surface area (Å²) >= 11 is 3.20. The highest BCUT2D eigenvalue weighted by atomic mass is 79.9. The van der Waals surface area contributed by atoms with E-state index in [2.05, 4.69) is 22.5 Å². The molecule has 90 valence electrons. The van der Waals surface area contributed by atoms with E-state index >= 15 is 0 Å². The third kappa shape index (κ3) is 3.13. The number of nitro groups is 1. The van der Waals surface area contributed by atoms with Crippen molar-refractivity contribution in [2.45, 2.75) is 0 Å². The number of non-ortho nitro benzene ring substituents is 1. The predicted octanol–water partition coefficient (Wildman–Crippen LogP) is 2.62. The van der Waals surface area contributed by atoms with Gasteiger partial charge in [-0.1, -0.05) is 6.08 Å². The van der Waals surface area contributed by atoms with Crippen LogP contribution in [0.15, 0.2) is 35.3 Å². The Hall–Kier alpha value is -1.69. The summed E-state index contributed by atoms with van der Waals surface area (Å²) < 4.78 is 0.531. The Kier molecular flexibility index (Phi) is 4.39. The summed E-state index contributed by atoms with van der Waals surface area (Å²) in [7, 11) is 1.61. The van der Waals surface area contributed by atoms with Gasteiger partial charge in [-0.25, -0.2) is 0 Å². The number of amides is 1. The molecular weight excluding hydrogens is 288 g/mol. The normalized spacial score (nSPS) is 9.76. The molecule has 0 unspecified atom stereocenters. The van der Waals surface area contributed by atoms with Crippen LogP contribution in [0.4, 0.5) is 5.69 Å². The molecule has 0 aliphatic rings. The molecule has 0 saturated heterocycles. The van der Waals surface area contributed by atoms with E-state index in [4.69, 9.17) is 0 Å². The smallest absolute Gasteiger partial charge is 0.270 e. The van der Waals surface area contributed by atoms with Gasteiger partial charge < -0.3 is 4.90 Å². The molecule has 0 aliphatic heterocycles. The van der Waals surface area contributed by atoms with E-state index in [9.17, 15) is 14.9 Å². The maximum atomic E-state index is 12.0. The molecule has 5 nitrogen and oxygen atoms in total. The lowest BCUT2D eigenvalue weighted by molar-refractivity contribution is -0.384. The molecule has 17 heavy (non-hydrogen) atoms. The highest BCUT2D eigenvalue weighted by molar-refractivity contribution is 9.10. The molecule has 6 heteroatoms. The number of nitrogens with zero attached hydrogens (tertiary/aromatic N) is 2. The molecule has 0 atom stereocenters. The molecule has 0 fully saturated rings. The number of carbonyl (C=O) groups excluding carboxylic acids is 1. The maximum absolute atomic E-state index is 12.0. The second-order valence-corrected chi connectivity index (χ2v) is 4.25. The quantitative estimate of drug-likeness (QED) is 0.488. The van der Waals surface area contributed by atoms with Crippen molar-refractivity contribution in [3.63, 3.8) is 0 Å². The zero-order chi connectivity index (χ0) is 13.0.